The van der Waals surface area contributed by atoms with Crippen molar-refractivity contribution >= 4 is 40.6 Å². The molecule has 116 valence electrons. The predicted octanol–water partition coefficient (Wildman–Crippen LogP) is 3.23. The van der Waals surface area contributed by atoms with Crippen LogP contribution in [0.2, 0.25) is 0 Å². The van der Waals surface area contributed by atoms with E-state index < -0.39 is 11.1 Å². The molecule has 2 aromatic rings. The largest absolute Gasteiger partial charge is 0.457 e. The molecule has 0 unspecified atom stereocenters. The summed E-state index contributed by atoms with van der Waals surface area (Å²) < 4.78 is 5.68. The fraction of sp³-hybridized carbons (Fsp3) is 0.0625. The van der Waals surface area contributed by atoms with Crippen molar-refractivity contribution in [1.29, 1.82) is 0 Å². The van der Waals surface area contributed by atoms with E-state index in [1.807, 2.05) is 6.07 Å². The molecule has 1 aromatic heterocycles. The first-order chi connectivity index (χ1) is 11.0. The van der Waals surface area contributed by atoms with E-state index in [1.54, 1.807) is 30.3 Å². The van der Waals surface area contributed by atoms with Crippen LogP contribution in [0.5, 0.6) is 0 Å². The topological polar surface area (TPSA) is 88.4 Å². The summed E-state index contributed by atoms with van der Waals surface area (Å²) >= 11 is 0.837. The Labute approximate surface area is 135 Å². The zero-order valence-corrected chi connectivity index (χ0v) is 12.9. The number of carbonyl (C=O) groups excluding carboxylic acids is 3. The Bertz CT molecular complexity index is 838. The SMILES string of the molecule is CC(=O)Nc1cccc(-c2ccc(C=C3SC(=O)NC3=O)o2)c1. The highest BCUT2D eigenvalue weighted by atomic mass is 32.2. The molecule has 0 atom stereocenters. The normalized spacial score (nSPS) is 15.8. The minimum absolute atomic E-state index is 0.152. The lowest BCUT2D eigenvalue weighted by Crippen LogP contribution is -2.17. The molecule has 7 heteroatoms. The zero-order valence-electron chi connectivity index (χ0n) is 12.1. The molecule has 1 aromatic carbocycles. The van der Waals surface area contributed by atoms with Gasteiger partial charge in [-0.25, -0.2) is 0 Å². The number of carbonyl (C=O) groups is 3. The number of imide groups is 1. The molecule has 0 saturated carbocycles. The highest BCUT2D eigenvalue weighted by Crippen LogP contribution is 2.29. The Balaban J connectivity index is 1.85. The molecule has 23 heavy (non-hydrogen) atoms. The van der Waals surface area contributed by atoms with E-state index in [1.165, 1.54) is 13.0 Å². The van der Waals surface area contributed by atoms with Crippen molar-refractivity contribution in [3.8, 4) is 11.3 Å². The van der Waals surface area contributed by atoms with E-state index >= 15 is 0 Å². The molecule has 1 aliphatic rings. The molecule has 3 rings (SSSR count). The minimum Gasteiger partial charge on any atom is -0.457 e. The molecule has 0 bridgehead atoms. The molecule has 6 nitrogen and oxygen atoms in total. The molecular weight excluding hydrogens is 316 g/mol. The van der Waals surface area contributed by atoms with Crippen molar-refractivity contribution < 1.29 is 18.8 Å². The first-order valence-corrected chi connectivity index (χ1v) is 7.55. The van der Waals surface area contributed by atoms with Crippen molar-refractivity contribution in [1.82, 2.24) is 5.32 Å². The summed E-state index contributed by atoms with van der Waals surface area (Å²) in [5.41, 5.74) is 1.46. The van der Waals surface area contributed by atoms with E-state index in [-0.39, 0.29) is 5.91 Å². The Kier molecular flexibility index (Phi) is 4.03. The number of benzene rings is 1. The summed E-state index contributed by atoms with van der Waals surface area (Å²) in [5, 5.41) is 4.50. The molecule has 3 amide bonds. The van der Waals surface area contributed by atoms with Gasteiger partial charge >= 0.3 is 0 Å². The van der Waals surface area contributed by atoms with Crippen LogP contribution in [0, 0.1) is 0 Å². The third-order valence-corrected chi connectivity index (χ3v) is 3.82. The van der Waals surface area contributed by atoms with Gasteiger partial charge in [0.05, 0.1) is 4.91 Å². The summed E-state index contributed by atoms with van der Waals surface area (Å²) in [5.74, 6) is 0.489. The van der Waals surface area contributed by atoms with E-state index in [4.69, 9.17) is 4.42 Å². The molecule has 2 N–H and O–H groups in total. The Morgan fingerprint density at radius 1 is 1.26 bits per heavy atom. The second kappa shape index (κ2) is 6.13. The van der Waals surface area contributed by atoms with Gasteiger partial charge in [-0.15, -0.1) is 0 Å². The zero-order chi connectivity index (χ0) is 16.4. The lowest BCUT2D eigenvalue weighted by molar-refractivity contribution is -0.115. The van der Waals surface area contributed by atoms with Gasteiger partial charge in [-0.2, -0.15) is 0 Å². The van der Waals surface area contributed by atoms with Crippen LogP contribution in [0.1, 0.15) is 12.7 Å². The number of rotatable bonds is 3. The van der Waals surface area contributed by atoms with Crippen molar-refractivity contribution in [3.63, 3.8) is 0 Å². The monoisotopic (exact) mass is 328 g/mol. The van der Waals surface area contributed by atoms with Crippen LogP contribution in [0.15, 0.2) is 45.7 Å². The Hall–Kier alpha value is -2.80. The number of nitrogens with one attached hydrogen (secondary N) is 2. The molecule has 0 aliphatic carbocycles. The van der Waals surface area contributed by atoms with Crippen LogP contribution >= 0.6 is 11.8 Å². The summed E-state index contributed by atoms with van der Waals surface area (Å²) in [6, 6.07) is 10.7. The predicted molar refractivity (Wildman–Crippen MR) is 87.6 cm³/mol. The minimum atomic E-state index is -0.425. The average Bonchev–Trinajstić information content (AvgIpc) is 3.06. The average molecular weight is 328 g/mol. The second-order valence-corrected chi connectivity index (χ2v) is 5.83. The summed E-state index contributed by atoms with van der Waals surface area (Å²) in [6.07, 6.45) is 1.52. The lowest BCUT2D eigenvalue weighted by atomic mass is 10.1. The van der Waals surface area contributed by atoms with Gasteiger partial charge in [0.25, 0.3) is 11.1 Å². The van der Waals surface area contributed by atoms with Crippen LogP contribution in [0.25, 0.3) is 17.4 Å². The Morgan fingerprint density at radius 2 is 2.09 bits per heavy atom. The van der Waals surface area contributed by atoms with E-state index in [0.29, 0.717) is 22.1 Å². The third kappa shape index (κ3) is 3.51. The highest BCUT2D eigenvalue weighted by Gasteiger charge is 2.25. The summed E-state index contributed by atoms with van der Waals surface area (Å²) in [7, 11) is 0. The summed E-state index contributed by atoms with van der Waals surface area (Å²) in [6.45, 7) is 1.44. The number of hydrogen-bond acceptors (Lipinski definition) is 5. The number of furan rings is 1. The van der Waals surface area contributed by atoms with Gasteiger partial charge in [-0.05, 0) is 36.0 Å². The number of anilines is 1. The first kappa shape index (κ1) is 15.1. The van der Waals surface area contributed by atoms with Gasteiger partial charge in [0.15, 0.2) is 0 Å². The van der Waals surface area contributed by atoms with Crippen molar-refractivity contribution in [2.24, 2.45) is 0 Å². The maximum atomic E-state index is 11.5. The van der Waals surface area contributed by atoms with Gasteiger partial charge in [0.2, 0.25) is 5.91 Å². The molecule has 2 heterocycles. The van der Waals surface area contributed by atoms with Crippen molar-refractivity contribution in [2.45, 2.75) is 6.92 Å². The van der Waals surface area contributed by atoms with Crippen molar-refractivity contribution in [2.75, 3.05) is 5.32 Å². The van der Waals surface area contributed by atoms with E-state index in [2.05, 4.69) is 10.6 Å². The molecular formula is C16H12N2O4S. The molecule has 1 fully saturated rings. The smallest absolute Gasteiger partial charge is 0.290 e. The number of hydrogen-bond donors (Lipinski definition) is 2. The van der Waals surface area contributed by atoms with Crippen LogP contribution in [0.4, 0.5) is 10.5 Å². The van der Waals surface area contributed by atoms with Gasteiger partial charge in [-0.1, -0.05) is 12.1 Å². The lowest BCUT2D eigenvalue weighted by Gasteiger charge is -2.03. The quantitative estimate of drug-likeness (QED) is 0.845. The standard InChI is InChI=1S/C16H12N2O4S/c1-9(19)17-11-4-2-3-10(7-11)13-6-5-12(22-13)8-14-15(20)18-16(21)23-14/h2-8H,1H3,(H,17,19)(H,18,20,21). The van der Waals surface area contributed by atoms with Gasteiger partial charge < -0.3 is 9.73 Å². The third-order valence-electron chi connectivity index (χ3n) is 3.01. The Morgan fingerprint density at radius 3 is 2.78 bits per heavy atom. The van der Waals surface area contributed by atoms with E-state index in [9.17, 15) is 14.4 Å². The van der Waals surface area contributed by atoms with E-state index in [0.717, 1.165) is 17.3 Å². The second-order valence-electron chi connectivity index (χ2n) is 4.82. The molecule has 1 saturated heterocycles. The van der Waals surface area contributed by atoms with Crippen LogP contribution < -0.4 is 10.6 Å². The maximum Gasteiger partial charge on any atom is 0.290 e. The van der Waals surface area contributed by atoms with Crippen LogP contribution in [-0.4, -0.2) is 17.1 Å². The van der Waals surface area contributed by atoms with Crippen LogP contribution in [-0.2, 0) is 9.59 Å². The highest BCUT2D eigenvalue weighted by molar-refractivity contribution is 8.18. The number of thioether (sulfide) groups is 1. The van der Waals surface area contributed by atoms with Gasteiger partial charge in [-0.3, -0.25) is 19.7 Å². The molecule has 0 spiro atoms. The van der Waals surface area contributed by atoms with Gasteiger partial charge in [0.1, 0.15) is 11.5 Å². The number of amides is 3. The maximum absolute atomic E-state index is 11.5. The fourth-order valence-electron chi connectivity index (χ4n) is 2.09. The fourth-order valence-corrected chi connectivity index (χ4v) is 2.75. The first-order valence-electron chi connectivity index (χ1n) is 6.74. The van der Waals surface area contributed by atoms with Crippen LogP contribution in [0.3, 0.4) is 0 Å². The van der Waals surface area contributed by atoms with Gasteiger partial charge in [0, 0.05) is 24.3 Å². The molecule has 0 radical (unpaired) electrons. The summed E-state index contributed by atoms with van der Waals surface area (Å²) in [4.78, 5) is 34.0. The van der Waals surface area contributed by atoms with Crippen molar-refractivity contribution in [3.05, 3.63) is 47.1 Å². The molecule has 1 aliphatic heterocycles.